The van der Waals surface area contributed by atoms with Crippen LogP contribution in [0.4, 0.5) is 4.39 Å². The maximum Gasteiger partial charge on any atom is 0.144 e. The number of benzene rings is 1. The third-order valence-electron chi connectivity index (χ3n) is 3.74. The third kappa shape index (κ3) is 2.68. The average Bonchev–Trinajstić information content (AvgIpc) is 2.88. The maximum absolute atomic E-state index is 13.8. The third-order valence-corrected chi connectivity index (χ3v) is 3.74. The molecule has 1 aromatic carbocycles. The SMILES string of the molecule is Fc1ccccc1-c1cnoc1CC1CCNCC1. The summed E-state index contributed by atoms with van der Waals surface area (Å²) in [7, 11) is 0. The number of halogens is 1. The number of nitrogens with zero attached hydrogens (tertiary/aromatic N) is 1. The molecule has 2 aromatic rings. The van der Waals surface area contributed by atoms with Crippen molar-refractivity contribution in [3.8, 4) is 11.1 Å². The number of hydrogen-bond donors (Lipinski definition) is 1. The summed E-state index contributed by atoms with van der Waals surface area (Å²) < 4.78 is 19.2. The fourth-order valence-electron chi connectivity index (χ4n) is 2.66. The van der Waals surface area contributed by atoms with Gasteiger partial charge in [-0.1, -0.05) is 23.4 Å². The van der Waals surface area contributed by atoms with Gasteiger partial charge in [-0.3, -0.25) is 0 Å². The van der Waals surface area contributed by atoms with Crippen molar-refractivity contribution in [1.29, 1.82) is 0 Å². The highest BCUT2D eigenvalue weighted by Crippen LogP contribution is 2.29. The molecule has 0 unspecified atom stereocenters. The second-order valence-corrected chi connectivity index (χ2v) is 5.04. The number of rotatable bonds is 3. The molecule has 3 rings (SSSR count). The molecule has 0 saturated carbocycles. The Morgan fingerprint density at radius 1 is 1.21 bits per heavy atom. The first-order valence-electron chi connectivity index (χ1n) is 6.74. The highest BCUT2D eigenvalue weighted by atomic mass is 19.1. The fraction of sp³-hybridized carbons (Fsp3) is 0.400. The van der Waals surface area contributed by atoms with Crippen molar-refractivity contribution in [2.45, 2.75) is 19.3 Å². The van der Waals surface area contributed by atoms with E-state index in [2.05, 4.69) is 10.5 Å². The van der Waals surface area contributed by atoms with Gasteiger partial charge in [-0.15, -0.1) is 0 Å². The van der Waals surface area contributed by atoms with E-state index in [4.69, 9.17) is 4.52 Å². The lowest BCUT2D eigenvalue weighted by molar-refractivity contribution is 0.319. The number of aromatic nitrogens is 1. The van der Waals surface area contributed by atoms with Crippen molar-refractivity contribution in [2.24, 2.45) is 5.92 Å². The van der Waals surface area contributed by atoms with Gasteiger partial charge < -0.3 is 9.84 Å². The topological polar surface area (TPSA) is 38.1 Å². The van der Waals surface area contributed by atoms with Crippen LogP contribution in [-0.4, -0.2) is 18.2 Å². The Hall–Kier alpha value is -1.68. The summed E-state index contributed by atoms with van der Waals surface area (Å²) in [6.07, 6.45) is 4.73. The fourth-order valence-corrected chi connectivity index (χ4v) is 2.66. The van der Waals surface area contributed by atoms with Gasteiger partial charge >= 0.3 is 0 Å². The van der Waals surface area contributed by atoms with E-state index in [1.54, 1.807) is 18.3 Å². The molecular weight excluding hydrogens is 243 g/mol. The van der Waals surface area contributed by atoms with E-state index in [-0.39, 0.29) is 5.82 Å². The van der Waals surface area contributed by atoms with E-state index in [1.165, 1.54) is 6.07 Å². The molecule has 0 spiro atoms. The molecule has 2 heterocycles. The van der Waals surface area contributed by atoms with Gasteiger partial charge in [0.15, 0.2) is 0 Å². The zero-order valence-corrected chi connectivity index (χ0v) is 10.7. The molecule has 1 saturated heterocycles. The van der Waals surface area contributed by atoms with E-state index in [0.717, 1.165) is 43.7 Å². The molecule has 1 aliphatic rings. The molecule has 0 amide bonds. The van der Waals surface area contributed by atoms with Crippen LogP contribution in [0.1, 0.15) is 18.6 Å². The van der Waals surface area contributed by atoms with Crippen molar-refractivity contribution in [3.63, 3.8) is 0 Å². The summed E-state index contributed by atoms with van der Waals surface area (Å²) in [5.41, 5.74) is 1.37. The van der Waals surface area contributed by atoms with Crippen LogP contribution in [0.5, 0.6) is 0 Å². The van der Waals surface area contributed by atoms with Crippen molar-refractivity contribution < 1.29 is 8.91 Å². The quantitative estimate of drug-likeness (QED) is 0.921. The van der Waals surface area contributed by atoms with Crippen molar-refractivity contribution >= 4 is 0 Å². The highest BCUT2D eigenvalue weighted by Gasteiger charge is 2.20. The molecule has 0 bridgehead atoms. The molecule has 0 atom stereocenters. The lowest BCUT2D eigenvalue weighted by atomic mass is 9.91. The van der Waals surface area contributed by atoms with E-state index >= 15 is 0 Å². The molecule has 1 N–H and O–H groups in total. The molecular formula is C15H17FN2O. The second-order valence-electron chi connectivity index (χ2n) is 5.04. The number of piperidine rings is 1. The van der Waals surface area contributed by atoms with E-state index in [0.29, 0.717) is 11.5 Å². The van der Waals surface area contributed by atoms with Crippen molar-refractivity contribution in [2.75, 3.05) is 13.1 Å². The zero-order chi connectivity index (χ0) is 13.1. The van der Waals surface area contributed by atoms with Crippen LogP contribution >= 0.6 is 0 Å². The molecule has 1 aliphatic heterocycles. The van der Waals surface area contributed by atoms with Crippen LogP contribution in [0.15, 0.2) is 35.0 Å². The van der Waals surface area contributed by atoms with Gasteiger partial charge in [-0.2, -0.15) is 0 Å². The first-order valence-corrected chi connectivity index (χ1v) is 6.74. The van der Waals surface area contributed by atoms with Crippen LogP contribution in [-0.2, 0) is 6.42 Å². The van der Waals surface area contributed by atoms with E-state index in [1.807, 2.05) is 6.07 Å². The predicted molar refractivity (Wildman–Crippen MR) is 71.2 cm³/mol. The predicted octanol–water partition coefficient (Wildman–Crippen LogP) is 3.02. The van der Waals surface area contributed by atoms with Crippen molar-refractivity contribution in [1.82, 2.24) is 10.5 Å². The van der Waals surface area contributed by atoms with Crippen LogP contribution in [0.3, 0.4) is 0 Å². The van der Waals surface area contributed by atoms with Gasteiger partial charge in [0.1, 0.15) is 11.6 Å². The van der Waals surface area contributed by atoms with Crippen LogP contribution in [0.25, 0.3) is 11.1 Å². The lowest BCUT2D eigenvalue weighted by Gasteiger charge is -2.21. The Bertz CT molecular complexity index is 547. The van der Waals surface area contributed by atoms with Gasteiger partial charge in [-0.25, -0.2) is 4.39 Å². The standard InChI is InChI=1S/C15H17FN2O/c16-14-4-2-1-3-12(14)13-10-18-19-15(13)9-11-5-7-17-8-6-11/h1-4,10-11,17H,5-9H2. The number of nitrogens with one attached hydrogen (secondary N) is 1. The minimum atomic E-state index is -0.225. The van der Waals surface area contributed by atoms with Gasteiger partial charge in [0.05, 0.1) is 6.20 Å². The molecule has 1 fully saturated rings. The number of hydrogen-bond acceptors (Lipinski definition) is 3. The normalized spacial score (nSPS) is 16.7. The van der Waals surface area contributed by atoms with Crippen molar-refractivity contribution in [3.05, 3.63) is 42.0 Å². The van der Waals surface area contributed by atoms with Gasteiger partial charge in [0, 0.05) is 17.5 Å². The first-order chi connectivity index (χ1) is 9.34. The summed E-state index contributed by atoms with van der Waals surface area (Å²) in [5.74, 6) is 1.17. The highest BCUT2D eigenvalue weighted by molar-refractivity contribution is 5.65. The Balaban J connectivity index is 1.84. The molecule has 4 heteroatoms. The van der Waals surface area contributed by atoms with Gasteiger partial charge in [0.25, 0.3) is 0 Å². The summed E-state index contributed by atoms with van der Waals surface area (Å²) in [6.45, 7) is 2.10. The molecule has 0 radical (unpaired) electrons. The summed E-state index contributed by atoms with van der Waals surface area (Å²) in [5, 5.41) is 7.19. The second kappa shape index (κ2) is 5.53. The Kier molecular flexibility index (Phi) is 3.60. The molecule has 19 heavy (non-hydrogen) atoms. The van der Waals surface area contributed by atoms with Crippen LogP contribution in [0.2, 0.25) is 0 Å². The Morgan fingerprint density at radius 2 is 2.00 bits per heavy atom. The Morgan fingerprint density at radius 3 is 2.79 bits per heavy atom. The van der Waals surface area contributed by atoms with Gasteiger partial charge in [0.2, 0.25) is 0 Å². The molecule has 0 aliphatic carbocycles. The minimum absolute atomic E-state index is 0.225. The molecule has 3 nitrogen and oxygen atoms in total. The summed E-state index contributed by atoms with van der Waals surface area (Å²) in [6, 6.07) is 6.77. The average molecular weight is 260 g/mol. The van der Waals surface area contributed by atoms with Crippen LogP contribution in [0, 0.1) is 11.7 Å². The summed E-state index contributed by atoms with van der Waals surface area (Å²) >= 11 is 0. The van der Waals surface area contributed by atoms with Crippen LogP contribution < -0.4 is 5.32 Å². The van der Waals surface area contributed by atoms with E-state index in [9.17, 15) is 4.39 Å². The minimum Gasteiger partial charge on any atom is -0.361 e. The van der Waals surface area contributed by atoms with Gasteiger partial charge in [-0.05, 0) is 37.9 Å². The Labute approximate surface area is 111 Å². The molecule has 1 aromatic heterocycles. The first kappa shape index (κ1) is 12.4. The largest absolute Gasteiger partial charge is 0.361 e. The molecule has 100 valence electrons. The zero-order valence-electron chi connectivity index (χ0n) is 10.7. The summed E-state index contributed by atoms with van der Waals surface area (Å²) in [4.78, 5) is 0. The smallest absolute Gasteiger partial charge is 0.144 e. The monoisotopic (exact) mass is 260 g/mol. The lowest BCUT2D eigenvalue weighted by Crippen LogP contribution is -2.28. The van der Waals surface area contributed by atoms with E-state index < -0.39 is 0 Å². The maximum atomic E-state index is 13.8.